The van der Waals surface area contributed by atoms with Gasteiger partial charge in [-0.1, -0.05) is 11.6 Å². The standard InChI is InChI=1S/C12H13BrClN3/c1-8-9(7-16-17(8)2)6-15-10-3-4-11(13)12(14)5-10/h3-5,7,15H,6H2,1-2H3. The lowest BCUT2D eigenvalue weighted by atomic mass is 10.2. The molecule has 0 aliphatic rings. The van der Waals surface area contributed by atoms with Crippen molar-refractivity contribution in [3.63, 3.8) is 0 Å². The Morgan fingerprint density at radius 1 is 1.47 bits per heavy atom. The Bertz CT molecular complexity index is 537. The Morgan fingerprint density at radius 2 is 2.24 bits per heavy atom. The van der Waals surface area contributed by atoms with Crippen LogP contribution in [0.2, 0.25) is 5.02 Å². The zero-order valence-corrected chi connectivity index (χ0v) is 12.0. The Balaban J connectivity index is 2.07. The largest absolute Gasteiger partial charge is 0.381 e. The zero-order valence-electron chi connectivity index (χ0n) is 9.67. The molecule has 0 saturated heterocycles. The van der Waals surface area contributed by atoms with Crippen LogP contribution < -0.4 is 5.32 Å². The van der Waals surface area contributed by atoms with Crippen molar-refractivity contribution in [3.05, 3.63) is 45.1 Å². The van der Waals surface area contributed by atoms with Crippen molar-refractivity contribution >= 4 is 33.2 Å². The highest BCUT2D eigenvalue weighted by Crippen LogP contribution is 2.25. The minimum atomic E-state index is 0.706. The third-order valence-electron chi connectivity index (χ3n) is 2.74. The molecule has 0 bridgehead atoms. The van der Waals surface area contributed by atoms with E-state index < -0.39 is 0 Å². The van der Waals surface area contributed by atoms with Gasteiger partial charge in [0.15, 0.2) is 0 Å². The molecule has 90 valence electrons. The van der Waals surface area contributed by atoms with Crippen LogP contribution in [0.15, 0.2) is 28.9 Å². The van der Waals surface area contributed by atoms with Crippen LogP contribution in [0.5, 0.6) is 0 Å². The molecule has 1 heterocycles. The Hall–Kier alpha value is -1.00. The van der Waals surface area contributed by atoms with Gasteiger partial charge in [-0.2, -0.15) is 5.10 Å². The van der Waals surface area contributed by atoms with Crippen LogP contribution in [0.3, 0.4) is 0 Å². The van der Waals surface area contributed by atoms with Crippen molar-refractivity contribution in [1.82, 2.24) is 9.78 Å². The molecular weight excluding hydrogens is 302 g/mol. The fourth-order valence-corrected chi connectivity index (χ4v) is 1.95. The third kappa shape index (κ3) is 2.82. The number of hydrogen-bond acceptors (Lipinski definition) is 2. The molecule has 0 radical (unpaired) electrons. The van der Waals surface area contributed by atoms with Gasteiger partial charge < -0.3 is 5.32 Å². The van der Waals surface area contributed by atoms with Crippen LogP contribution >= 0.6 is 27.5 Å². The number of aromatic nitrogens is 2. The number of hydrogen-bond donors (Lipinski definition) is 1. The monoisotopic (exact) mass is 313 g/mol. The summed E-state index contributed by atoms with van der Waals surface area (Å²) in [6, 6.07) is 5.82. The van der Waals surface area contributed by atoms with Crippen molar-refractivity contribution in [1.29, 1.82) is 0 Å². The highest BCUT2D eigenvalue weighted by Gasteiger charge is 2.04. The van der Waals surface area contributed by atoms with Gasteiger partial charge in [-0.3, -0.25) is 4.68 Å². The summed E-state index contributed by atoms with van der Waals surface area (Å²) >= 11 is 9.39. The van der Waals surface area contributed by atoms with Crippen LogP contribution in [0.4, 0.5) is 5.69 Å². The second-order valence-corrected chi connectivity index (χ2v) is 5.12. The van der Waals surface area contributed by atoms with Crippen LogP contribution in [0.1, 0.15) is 11.3 Å². The Morgan fingerprint density at radius 3 is 2.82 bits per heavy atom. The maximum atomic E-state index is 6.03. The van der Waals surface area contributed by atoms with Crippen molar-refractivity contribution < 1.29 is 0 Å². The topological polar surface area (TPSA) is 29.9 Å². The van der Waals surface area contributed by atoms with E-state index in [1.54, 1.807) is 0 Å². The fourth-order valence-electron chi connectivity index (χ4n) is 1.52. The summed E-state index contributed by atoms with van der Waals surface area (Å²) in [4.78, 5) is 0. The fraction of sp³-hybridized carbons (Fsp3) is 0.250. The number of aryl methyl sites for hydroxylation is 1. The lowest BCUT2D eigenvalue weighted by Gasteiger charge is -2.07. The van der Waals surface area contributed by atoms with E-state index in [9.17, 15) is 0 Å². The van der Waals surface area contributed by atoms with Crippen LogP contribution in [-0.4, -0.2) is 9.78 Å². The molecule has 0 atom stereocenters. The number of rotatable bonds is 3. The third-order valence-corrected chi connectivity index (χ3v) is 3.97. The summed E-state index contributed by atoms with van der Waals surface area (Å²) in [5.74, 6) is 0. The van der Waals surface area contributed by atoms with Gasteiger partial charge in [0, 0.05) is 35.0 Å². The van der Waals surface area contributed by atoms with Crippen molar-refractivity contribution in [2.24, 2.45) is 7.05 Å². The van der Waals surface area contributed by atoms with E-state index >= 15 is 0 Å². The maximum Gasteiger partial charge on any atom is 0.0568 e. The molecule has 0 saturated carbocycles. The molecule has 1 N–H and O–H groups in total. The molecule has 1 aromatic carbocycles. The molecular formula is C12H13BrClN3. The number of halogens is 2. The van der Waals surface area contributed by atoms with Crippen molar-refractivity contribution in [2.75, 3.05) is 5.32 Å². The van der Waals surface area contributed by atoms with Crippen molar-refractivity contribution in [2.45, 2.75) is 13.5 Å². The van der Waals surface area contributed by atoms with Gasteiger partial charge in [-0.15, -0.1) is 0 Å². The smallest absolute Gasteiger partial charge is 0.0568 e. The first-order chi connectivity index (χ1) is 8.08. The van der Waals surface area contributed by atoms with Crippen LogP contribution in [0.25, 0.3) is 0 Å². The van der Waals surface area contributed by atoms with E-state index in [0.29, 0.717) is 5.02 Å². The number of nitrogens with zero attached hydrogens (tertiary/aromatic N) is 2. The van der Waals surface area contributed by atoms with Gasteiger partial charge in [0.2, 0.25) is 0 Å². The van der Waals surface area contributed by atoms with E-state index in [-0.39, 0.29) is 0 Å². The average Bonchev–Trinajstić information content (AvgIpc) is 2.62. The molecule has 5 heteroatoms. The molecule has 0 aliphatic heterocycles. The maximum absolute atomic E-state index is 6.03. The van der Waals surface area contributed by atoms with Crippen LogP contribution in [0, 0.1) is 6.92 Å². The summed E-state index contributed by atoms with van der Waals surface area (Å²) in [6.45, 7) is 2.80. The Kier molecular flexibility index (Phi) is 3.74. The number of benzene rings is 1. The predicted molar refractivity (Wildman–Crippen MR) is 74.4 cm³/mol. The quantitative estimate of drug-likeness (QED) is 0.935. The summed E-state index contributed by atoms with van der Waals surface area (Å²) in [7, 11) is 1.94. The molecule has 0 fully saturated rings. The van der Waals surface area contributed by atoms with E-state index in [2.05, 4.69) is 33.3 Å². The second kappa shape index (κ2) is 5.10. The lowest BCUT2D eigenvalue weighted by molar-refractivity contribution is 0.738. The Labute approximate surface area is 114 Å². The van der Waals surface area contributed by atoms with Gasteiger partial charge in [0.05, 0.1) is 11.2 Å². The van der Waals surface area contributed by atoms with Gasteiger partial charge in [0.25, 0.3) is 0 Å². The molecule has 2 rings (SSSR count). The SMILES string of the molecule is Cc1c(CNc2ccc(Br)c(Cl)c2)cnn1C. The summed E-state index contributed by atoms with van der Waals surface area (Å²) < 4.78 is 2.77. The summed E-state index contributed by atoms with van der Waals surface area (Å²) in [6.07, 6.45) is 1.88. The van der Waals surface area contributed by atoms with Gasteiger partial charge in [-0.05, 0) is 41.1 Å². The molecule has 3 nitrogen and oxygen atoms in total. The molecule has 1 aromatic heterocycles. The number of nitrogens with one attached hydrogen (secondary N) is 1. The summed E-state index contributed by atoms with van der Waals surface area (Å²) in [5.41, 5.74) is 3.36. The van der Waals surface area contributed by atoms with Gasteiger partial charge >= 0.3 is 0 Å². The number of anilines is 1. The highest BCUT2D eigenvalue weighted by molar-refractivity contribution is 9.10. The van der Waals surface area contributed by atoms with Gasteiger partial charge in [0.1, 0.15) is 0 Å². The minimum Gasteiger partial charge on any atom is -0.381 e. The predicted octanol–water partition coefficient (Wildman–Crippen LogP) is 3.76. The second-order valence-electron chi connectivity index (χ2n) is 3.86. The van der Waals surface area contributed by atoms with Crippen molar-refractivity contribution in [3.8, 4) is 0 Å². The molecule has 17 heavy (non-hydrogen) atoms. The molecule has 0 unspecified atom stereocenters. The van der Waals surface area contributed by atoms with Gasteiger partial charge in [-0.25, -0.2) is 0 Å². The first-order valence-corrected chi connectivity index (χ1v) is 6.41. The first-order valence-electron chi connectivity index (χ1n) is 5.24. The normalized spacial score (nSPS) is 10.6. The lowest BCUT2D eigenvalue weighted by Crippen LogP contribution is -2.01. The summed E-state index contributed by atoms with van der Waals surface area (Å²) in [5, 5.41) is 8.23. The molecule has 0 aliphatic carbocycles. The van der Waals surface area contributed by atoms with E-state index in [1.807, 2.05) is 36.1 Å². The minimum absolute atomic E-state index is 0.706. The molecule has 0 spiro atoms. The molecule has 0 amide bonds. The average molecular weight is 315 g/mol. The highest BCUT2D eigenvalue weighted by atomic mass is 79.9. The molecule has 2 aromatic rings. The van der Waals surface area contributed by atoms with E-state index in [1.165, 1.54) is 11.3 Å². The first kappa shape index (κ1) is 12.5. The van der Waals surface area contributed by atoms with E-state index in [4.69, 9.17) is 11.6 Å². The van der Waals surface area contributed by atoms with E-state index in [0.717, 1.165) is 16.7 Å². The van der Waals surface area contributed by atoms with Crippen LogP contribution in [-0.2, 0) is 13.6 Å². The zero-order chi connectivity index (χ0) is 12.4.